The topological polar surface area (TPSA) is 76.4 Å². The predicted molar refractivity (Wildman–Crippen MR) is 89.5 cm³/mol. The zero-order chi connectivity index (χ0) is 17.1. The zero-order valence-electron chi connectivity index (χ0n) is 14.0. The summed E-state index contributed by atoms with van der Waals surface area (Å²) in [5.41, 5.74) is 1.92. The molecule has 0 bridgehead atoms. The minimum Gasteiger partial charge on any atom is -0.497 e. The lowest BCUT2D eigenvalue weighted by Crippen LogP contribution is -2.41. The number of rotatable bonds is 6. The normalized spacial score (nSPS) is 21.0. The number of aliphatic hydroxyl groups excluding tert-OH is 1. The van der Waals surface area contributed by atoms with Gasteiger partial charge in [-0.25, -0.2) is 0 Å². The Kier molecular flexibility index (Phi) is 4.85. The van der Waals surface area contributed by atoms with Gasteiger partial charge in [-0.15, -0.1) is 0 Å². The van der Waals surface area contributed by atoms with Crippen molar-refractivity contribution < 1.29 is 14.6 Å². The number of nitrogens with one attached hydrogen (secondary N) is 1. The molecule has 24 heavy (non-hydrogen) atoms. The molecule has 1 atom stereocenters. The molecule has 1 amide bonds. The van der Waals surface area contributed by atoms with E-state index in [-0.39, 0.29) is 24.0 Å². The fourth-order valence-corrected chi connectivity index (χ4v) is 3.13. The number of aliphatic hydroxyl groups is 1. The van der Waals surface area contributed by atoms with E-state index in [1.165, 1.54) is 0 Å². The third-order valence-electron chi connectivity index (χ3n) is 4.55. The van der Waals surface area contributed by atoms with Crippen LogP contribution in [-0.4, -0.2) is 34.0 Å². The number of hydrogen-bond acceptors (Lipinski definition) is 4. The molecule has 2 N–H and O–H groups in total. The van der Waals surface area contributed by atoms with Crippen molar-refractivity contribution in [2.24, 2.45) is 13.0 Å². The van der Waals surface area contributed by atoms with Crippen molar-refractivity contribution in [3.8, 4) is 5.75 Å². The van der Waals surface area contributed by atoms with E-state index in [0.29, 0.717) is 19.3 Å². The number of ether oxygens (including phenoxy) is 1. The Morgan fingerprint density at radius 3 is 2.67 bits per heavy atom. The second kappa shape index (κ2) is 7.05. The van der Waals surface area contributed by atoms with Crippen LogP contribution in [0, 0.1) is 5.92 Å². The summed E-state index contributed by atoms with van der Waals surface area (Å²) >= 11 is 0. The lowest BCUT2D eigenvalue weighted by atomic mass is 9.75. The van der Waals surface area contributed by atoms with Crippen LogP contribution >= 0.6 is 0 Å². The molecule has 1 unspecified atom stereocenters. The maximum atomic E-state index is 12.5. The van der Waals surface area contributed by atoms with Crippen LogP contribution in [0.25, 0.3) is 0 Å². The first-order valence-electron chi connectivity index (χ1n) is 8.14. The van der Waals surface area contributed by atoms with E-state index >= 15 is 0 Å². The average molecular weight is 329 g/mol. The number of aryl methyl sites for hydroxylation is 1. The summed E-state index contributed by atoms with van der Waals surface area (Å²) < 4.78 is 6.86. The molecule has 0 radical (unpaired) electrons. The van der Waals surface area contributed by atoms with Gasteiger partial charge in [0.25, 0.3) is 0 Å². The first-order valence-corrected chi connectivity index (χ1v) is 8.14. The molecule has 1 aliphatic rings. The number of amides is 1. The minimum atomic E-state index is -0.257. The zero-order valence-corrected chi connectivity index (χ0v) is 14.0. The van der Waals surface area contributed by atoms with Gasteiger partial charge in [-0.3, -0.25) is 9.48 Å². The lowest BCUT2D eigenvalue weighted by molar-refractivity contribution is -0.122. The summed E-state index contributed by atoms with van der Waals surface area (Å²) in [5.74, 6) is 0.996. The Morgan fingerprint density at radius 2 is 2.12 bits per heavy atom. The van der Waals surface area contributed by atoms with Gasteiger partial charge in [0.15, 0.2) is 0 Å². The number of methoxy groups -OCH3 is 1. The molecule has 1 saturated carbocycles. The lowest BCUT2D eigenvalue weighted by Gasteiger charge is -2.37. The molecular formula is C18H23N3O3. The number of carbonyl (C=O) groups is 1. The maximum absolute atomic E-state index is 12.5. The van der Waals surface area contributed by atoms with Crippen LogP contribution in [0.5, 0.6) is 5.75 Å². The summed E-state index contributed by atoms with van der Waals surface area (Å²) in [6.45, 7) is 0. The minimum absolute atomic E-state index is 0.0320. The third kappa shape index (κ3) is 3.76. The fraction of sp³-hybridized carbons (Fsp3) is 0.444. The van der Waals surface area contributed by atoms with E-state index in [9.17, 15) is 9.90 Å². The van der Waals surface area contributed by atoms with Crippen LogP contribution in [0.1, 0.15) is 30.0 Å². The standard InChI is InChI=1S/C18H23N3O3/c1-21-11-14(10-19-21)18(13-8-15(22)9-13)20-17(23)7-12-3-5-16(24-2)6-4-12/h3-6,10-11,13,15,18,22H,7-9H2,1-2H3,(H,20,23). The molecular weight excluding hydrogens is 306 g/mol. The summed E-state index contributed by atoms with van der Waals surface area (Å²) in [4.78, 5) is 12.5. The van der Waals surface area contributed by atoms with Crippen LogP contribution in [0.3, 0.4) is 0 Å². The van der Waals surface area contributed by atoms with Crippen LogP contribution in [0.2, 0.25) is 0 Å². The highest BCUT2D eigenvalue weighted by atomic mass is 16.5. The van der Waals surface area contributed by atoms with Gasteiger partial charge in [0, 0.05) is 18.8 Å². The second-order valence-corrected chi connectivity index (χ2v) is 6.40. The van der Waals surface area contributed by atoms with Gasteiger partial charge in [-0.05, 0) is 36.5 Å². The smallest absolute Gasteiger partial charge is 0.224 e. The first-order chi connectivity index (χ1) is 11.5. The largest absolute Gasteiger partial charge is 0.497 e. The molecule has 1 heterocycles. The van der Waals surface area contributed by atoms with E-state index < -0.39 is 0 Å². The summed E-state index contributed by atoms with van der Waals surface area (Å²) in [5, 5.41) is 16.9. The first kappa shape index (κ1) is 16.5. The molecule has 3 rings (SSSR count). The van der Waals surface area contributed by atoms with Crippen LogP contribution in [0.4, 0.5) is 0 Å². The number of benzene rings is 1. The van der Waals surface area contributed by atoms with Crippen LogP contribution in [-0.2, 0) is 18.3 Å². The molecule has 0 saturated heterocycles. The maximum Gasteiger partial charge on any atom is 0.224 e. The predicted octanol–water partition coefficient (Wildman–Crippen LogP) is 1.60. The van der Waals surface area contributed by atoms with E-state index in [1.807, 2.05) is 37.5 Å². The van der Waals surface area contributed by atoms with Crippen molar-refractivity contribution >= 4 is 5.91 Å². The molecule has 1 aromatic carbocycles. The van der Waals surface area contributed by atoms with Crippen molar-refractivity contribution in [2.45, 2.75) is 31.4 Å². The van der Waals surface area contributed by atoms with Crippen LogP contribution in [0.15, 0.2) is 36.7 Å². The number of aromatic nitrogens is 2. The van der Waals surface area contributed by atoms with E-state index in [0.717, 1.165) is 16.9 Å². The highest BCUT2D eigenvalue weighted by molar-refractivity contribution is 5.79. The van der Waals surface area contributed by atoms with Gasteiger partial charge < -0.3 is 15.2 Å². The molecule has 1 aliphatic carbocycles. The highest BCUT2D eigenvalue weighted by Crippen LogP contribution is 2.38. The Labute approximate surface area is 141 Å². The second-order valence-electron chi connectivity index (χ2n) is 6.40. The fourth-order valence-electron chi connectivity index (χ4n) is 3.13. The Balaban J connectivity index is 1.66. The molecule has 0 aliphatic heterocycles. The van der Waals surface area contributed by atoms with Crippen LogP contribution < -0.4 is 10.1 Å². The van der Waals surface area contributed by atoms with E-state index in [2.05, 4.69) is 10.4 Å². The van der Waals surface area contributed by atoms with E-state index in [4.69, 9.17) is 4.74 Å². The van der Waals surface area contributed by atoms with Crippen molar-refractivity contribution in [1.82, 2.24) is 15.1 Å². The van der Waals surface area contributed by atoms with Gasteiger partial charge in [0.05, 0.1) is 31.9 Å². The van der Waals surface area contributed by atoms with Gasteiger partial charge >= 0.3 is 0 Å². The average Bonchev–Trinajstić information content (AvgIpc) is 2.97. The number of nitrogens with zero attached hydrogens (tertiary/aromatic N) is 2. The SMILES string of the molecule is COc1ccc(CC(=O)NC(c2cnn(C)c2)C2CC(O)C2)cc1. The quantitative estimate of drug-likeness (QED) is 0.844. The van der Waals surface area contributed by atoms with Crippen molar-refractivity contribution in [3.63, 3.8) is 0 Å². The molecule has 1 fully saturated rings. The van der Waals surface area contributed by atoms with Crippen molar-refractivity contribution in [3.05, 3.63) is 47.8 Å². The monoisotopic (exact) mass is 329 g/mol. The van der Waals surface area contributed by atoms with Gasteiger partial charge in [-0.2, -0.15) is 5.10 Å². The molecule has 2 aromatic rings. The molecule has 128 valence electrons. The van der Waals surface area contributed by atoms with Crippen molar-refractivity contribution in [2.75, 3.05) is 7.11 Å². The molecule has 1 aromatic heterocycles. The number of hydrogen-bond donors (Lipinski definition) is 2. The Hall–Kier alpha value is -2.34. The molecule has 6 heteroatoms. The highest BCUT2D eigenvalue weighted by Gasteiger charge is 2.36. The summed E-state index contributed by atoms with van der Waals surface area (Å²) in [6, 6.07) is 7.38. The van der Waals surface area contributed by atoms with Crippen molar-refractivity contribution in [1.29, 1.82) is 0 Å². The Bertz CT molecular complexity index is 690. The number of carbonyl (C=O) groups excluding carboxylic acids is 1. The molecule has 0 spiro atoms. The molecule has 6 nitrogen and oxygen atoms in total. The van der Waals surface area contributed by atoms with Gasteiger partial charge in [0.2, 0.25) is 5.91 Å². The van der Waals surface area contributed by atoms with E-state index in [1.54, 1.807) is 18.0 Å². The summed E-state index contributed by atoms with van der Waals surface area (Å²) in [7, 11) is 3.47. The summed E-state index contributed by atoms with van der Waals surface area (Å²) in [6.07, 6.45) is 5.18. The Morgan fingerprint density at radius 1 is 1.42 bits per heavy atom. The van der Waals surface area contributed by atoms with Gasteiger partial charge in [0.1, 0.15) is 5.75 Å². The third-order valence-corrected chi connectivity index (χ3v) is 4.55. The van der Waals surface area contributed by atoms with Gasteiger partial charge in [-0.1, -0.05) is 12.1 Å².